The van der Waals surface area contributed by atoms with E-state index in [2.05, 4.69) is 5.73 Å². The van der Waals surface area contributed by atoms with E-state index in [9.17, 15) is 14.9 Å². The number of amides is 1. The van der Waals surface area contributed by atoms with E-state index in [4.69, 9.17) is 0 Å². The van der Waals surface area contributed by atoms with Crippen molar-refractivity contribution >= 4 is 5.91 Å². The number of nitro groups is 1. The van der Waals surface area contributed by atoms with Gasteiger partial charge in [0.1, 0.15) is 0 Å². The maximum atomic E-state index is 9.73. The second-order valence-corrected chi connectivity index (χ2v) is 1.00. The highest BCUT2D eigenvalue weighted by Crippen LogP contribution is 1.69. The zero-order chi connectivity index (χ0) is 6.57. The molecule has 0 rings (SSSR count). The van der Waals surface area contributed by atoms with Crippen molar-refractivity contribution in [1.82, 2.24) is 0 Å². The largest absolute Gasteiger partial charge is 0.366 e. The molecule has 0 fully saturated rings. The molecule has 0 saturated heterocycles. The number of carbonyl (C=O) groups is 1. The van der Waals surface area contributed by atoms with Crippen LogP contribution < -0.4 is 5.73 Å². The zero-order valence-electron chi connectivity index (χ0n) is 3.90. The van der Waals surface area contributed by atoms with Crippen molar-refractivity contribution in [2.24, 2.45) is 5.73 Å². The molecule has 2 N–H and O–H groups in total. The smallest absolute Gasteiger partial charge is 0.247 e. The average Bonchev–Trinajstić information content (AvgIpc) is 1.61. The third-order valence-electron chi connectivity index (χ3n) is 0.361. The van der Waals surface area contributed by atoms with Gasteiger partial charge in [0.05, 0.1) is 11.0 Å². The second-order valence-electron chi connectivity index (χ2n) is 1.00. The molecule has 0 aliphatic carbocycles. The SMILES string of the molecule is NC(=O)C=C[N+](=O)[O-]. The van der Waals surface area contributed by atoms with Gasteiger partial charge in [0.25, 0.3) is 0 Å². The summed E-state index contributed by atoms with van der Waals surface area (Å²) in [5.74, 6) is -0.818. The highest BCUT2D eigenvalue weighted by molar-refractivity contribution is 5.85. The molecule has 5 heteroatoms. The minimum absolute atomic E-state index is 0.488. The first-order chi connectivity index (χ1) is 3.63. The van der Waals surface area contributed by atoms with Crippen LogP contribution in [0.1, 0.15) is 0 Å². The van der Waals surface area contributed by atoms with E-state index < -0.39 is 10.8 Å². The van der Waals surface area contributed by atoms with Crippen molar-refractivity contribution in [3.05, 3.63) is 22.4 Å². The zero-order valence-corrected chi connectivity index (χ0v) is 3.90. The molecular formula is C3H4N2O3. The van der Waals surface area contributed by atoms with Crippen molar-refractivity contribution in [1.29, 1.82) is 0 Å². The van der Waals surface area contributed by atoms with Gasteiger partial charge in [-0.15, -0.1) is 0 Å². The summed E-state index contributed by atoms with van der Waals surface area (Å²) in [4.78, 5) is 18.4. The van der Waals surface area contributed by atoms with E-state index in [0.29, 0.717) is 12.3 Å². The quantitative estimate of drug-likeness (QED) is 0.293. The summed E-state index contributed by atoms with van der Waals surface area (Å²) in [5, 5.41) is 9.41. The van der Waals surface area contributed by atoms with E-state index in [-0.39, 0.29) is 0 Å². The number of primary amides is 1. The van der Waals surface area contributed by atoms with Crippen LogP contribution in [0, 0.1) is 10.1 Å². The highest BCUT2D eigenvalue weighted by Gasteiger charge is 1.86. The van der Waals surface area contributed by atoms with Crippen LogP contribution in [0.2, 0.25) is 0 Å². The molecule has 0 heterocycles. The van der Waals surface area contributed by atoms with Crippen molar-refractivity contribution in [2.45, 2.75) is 0 Å². The molecule has 0 aromatic heterocycles. The Hall–Kier alpha value is -1.39. The number of hydrogen-bond donors (Lipinski definition) is 1. The second kappa shape index (κ2) is 2.73. The number of nitrogens with two attached hydrogens (primary N) is 1. The monoisotopic (exact) mass is 116 g/mol. The van der Waals surface area contributed by atoms with E-state index in [1.165, 1.54) is 0 Å². The minimum atomic E-state index is -0.818. The Balaban J connectivity index is 3.67. The number of hydrogen-bond acceptors (Lipinski definition) is 3. The van der Waals surface area contributed by atoms with Crippen molar-refractivity contribution in [3.63, 3.8) is 0 Å². The molecule has 44 valence electrons. The maximum Gasteiger partial charge on any atom is 0.247 e. The first-order valence-corrected chi connectivity index (χ1v) is 1.74. The fraction of sp³-hybridized carbons (Fsp3) is 0. The maximum absolute atomic E-state index is 9.73. The molecule has 8 heavy (non-hydrogen) atoms. The van der Waals surface area contributed by atoms with Gasteiger partial charge in [0.2, 0.25) is 12.1 Å². The molecule has 0 spiro atoms. The van der Waals surface area contributed by atoms with Crippen LogP contribution in [0.5, 0.6) is 0 Å². The van der Waals surface area contributed by atoms with Crippen LogP contribution >= 0.6 is 0 Å². The van der Waals surface area contributed by atoms with Gasteiger partial charge in [-0.05, 0) is 0 Å². The highest BCUT2D eigenvalue weighted by atomic mass is 16.6. The Morgan fingerprint density at radius 1 is 1.75 bits per heavy atom. The van der Waals surface area contributed by atoms with Gasteiger partial charge in [-0.2, -0.15) is 0 Å². The summed E-state index contributed by atoms with van der Waals surface area (Å²) in [6.07, 6.45) is 1.17. The molecule has 0 aliphatic rings. The van der Waals surface area contributed by atoms with E-state index in [1.807, 2.05) is 0 Å². The van der Waals surface area contributed by atoms with Crippen LogP contribution in [0.25, 0.3) is 0 Å². The molecule has 0 bridgehead atoms. The Labute approximate surface area is 44.9 Å². The van der Waals surface area contributed by atoms with Crippen molar-refractivity contribution in [3.8, 4) is 0 Å². The Morgan fingerprint density at radius 3 is 2.38 bits per heavy atom. The number of rotatable bonds is 2. The molecule has 0 aromatic rings. The summed E-state index contributed by atoms with van der Waals surface area (Å²) in [6, 6.07) is 0. The van der Waals surface area contributed by atoms with Gasteiger partial charge < -0.3 is 5.73 Å². The topological polar surface area (TPSA) is 86.2 Å². The molecule has 0 atom stereocenters. The lowest BCUT2D eigenvalue weighted by Crippen LogP contribution is -2.06. The summed E-state index contributed by atoms with van der Waals surface area (Å²) < 4.78 is 0. The summed E-state index contributed by atoms with van der Waals surface area (Å²) in [7, 11) is 0. The lowest BCUT2D eigenvalue weighted by molar-refractivity contribution is -0.402. The standard InChI is InChI=1S/C3H4N2O3/c4-3(6)1-2-5(7)8/h1-2H,(H2,4,6). The molecule has 0 aliphatic heterocycles. The van der Waals surface area contributed by atoms with Gasteiger partial charge in [-0.1, -0.05) is 0 Å². The summed E-state index contributed by atoms with van der Waals surface area (Å²) >= 11 is 0. The normalized spacial score (nSPS) is 9.50. The van der Waals surface area contributed by atoms with E-state index in [1.54, 1.807) is 0 Å². The van der Waals surface area contributed by atoms with Gasteiger partial charge in [0, 0.05) is 0 Å². The average molecular weight is 116 g/mol. The van der Waals surface area contributed by atoms with E-state index in [0.717, 1.165) is 0 Å². The lowest BCUT2D eigenvalue weighted by atomic mass is 10.6. The van der Waals surface area contributed by atoms with Gasteiger partial charge in [-0.3, -0.25) is 14.9 Å². The Bertz CT molecular complexity index is 123. The van der Waals surface area contributed by atoms with Gasteiger partial charge >= 0.3 is 0 Å². The lowest BCUT2D eigenvalue weighted by Gasteiger charge is -1.74. The van der Waals surface area contributed by atoms with Gasteiger partial charge in [0.15, 0.2) is 0 Å². The van der Waals surface area contributed by atoms with Crippen LogP contribution in [-0.4, -0.2) is 10.8 Å². The van der Waals surface area contributed by atoms with Crippen LogP contribution in [0.15, 0.2) is 12.3 Å². The summed E-state index contributed by atoms with van der Waals surface area (Å²) in [5.41, 5.74) is 4.51. The van der Waals surface area contributed by atoms with Crippen LogP contribution in [-0.2, 0) is 4.79 Å². The first-order valence-electron chi connectivity index (χ1n) is 1.74. The minimum Gasteiger partial charge on any atom is -0.366 e. The van der Waals surface area contributed by atoms with Crippen molar-refractivity contribution < 1.29 is 9.72 Å². The number of carbonyl (C=O) groups excluding carboxylic acids is 1. The third-order valence-corrected chi connectivity index (χ3v) is 0.361. The van der Waals surface area contributed by atoms with Gasteiger partial charge in [-0.25, -0.2) is 0 Å². The fourth-order valence-corrected chi connectivity index (χ4v) is 0.134. The molecular weight excluding hydrogens is 112 g/mol. The third kappa shape index (κ3) is 4.61. The van der Waals surface area contributed by atoms with Crippen LogP contribution in [0.3, 0.4) is 0 Å². The first kappa shape index (κ1) is 6.61. The molecule has 0 unspecified atom stereocenters. The molecule has 0 saturated carbocycles. The molecule has 0 radical (unpaired) electrons. The predicted octanol–water partition coefficient (Wildman–Crippen LogP) is -0.738. The number of nitrogens with zero attached hydrogens (tertiary/aromatic N) is 1. The molecule has 5 nitrogen and oxygen atoms in total. The Kier molecular flexibility index (Phi) is 2.25. The van der Waals surface area contributed by atoms with Crippen molar-refractivity contribution in [2.75, 3.05) is 0 Å². The Morgan fingerprint density at radius 2 is 2.25 bits per heavy atom. The fourth-order valence-electron chi connectivity index (χ4n) is 0.134. The predicted molar refractivity (Wildman–Crippen MR) is 25.3 cm³/mol. The summed E-state index contributed by atoms with van der Waals surface area (Å²) in [6.45, 7) is 0. The molecule has 1 amide bonds. The van der Waals surface area contributed by atoms with E-state index >= 15 is 0 Å². The van der Waals surface area contributed by atoms with Crippen LogP contribution in [0.4, 0.5) is 0 Å². The molecule has 0 aromatic carbocycles.